The highest BCUT2D eigenvalue weighted by molar-refractivity contribution is 6.31. The van der Waals surface area contributed by atoms with Crippen LogP contribution < -0.4 is 0 Å². The molecule has 0 spiro atoms. The molecule has 0 fully saturated rings. The van der Waals surface area contributed by atoms with Gasteiger partial charge in [-0.3, -0.25) is 0 Å². The smallest absolute Gasteiger partial charge is 0.195 e. The second-order valence-electron chi connectivity index (χ2n) is 4.96. The zero-order valence-corrected chi connectivity index (χ0v) is 9.93. The van der Waals surface area contributed by atoms with E-state index in [2.05, 4.69) is 25.8 Å². The van der Waals surface area contributed by atoms with Gasteiger partial charge in [0.05, 0.1) is 0 Å². The third-order valence-electron chi connectivity index (χ3n) is 2.08. The molecule has 1 aromatic heterocycles. The summed E-state index contributed by atoms with van der Waals surface area (Å²) in [5, 5.41) is 0.693. The van der Waals surface area contributed by atoms with E-state index in [9.17, 15) is 0 Å². The van der Waals surface area contributed by atoms with E-state index in [1.165, 1.54) is 0 Å². The van der Waals surface area contributed by atoms with Gasteiger partial charge in [0.25, 0.3) is 0 Å². The van der Waals surface area contributed by atoms with Crippen LogP contribution in [-0.2, 0) is 6.42 Å². The highest BCUT2D eigenvalue weighted by Crippen LogP contribution is 2.24. The Hall–Kier alpha value is -1.02. The van der Waals surface area contributed by atoms with Crippen LogP contribution in [0.4, 0.5) is 0 Å². The minimum Gasteiger partial charge on any atom is -0.441 e. The molecular weight excluding hydrogens is 210 g/mol. The molecule has 15 heavy (non-hydrogen) atoms. The molecule has 2 aromatic rings. The van der Waals surface area contributed by atoms with Crippen LogP contribution in [0.15, 0.2) is 22.6 Å². The molecule has 1 heterocycles. The van der Waals surface area contributed by atoms with Gasteiger partial charge in [0.15, 0.2) is 11.5 Å². The third kappa shape index (κ3) is 2.51. The second kappa shape index (κ2) is 3.53. The first-order chi connectivity index (χ1) is 6.94. The van der Waals surface area contributed by atoms with E-state index < -0.39 is 0 Å². The Kier molecular flexibility index (Phi) is 2.47. The van der Waals surface area contributed by atoms with Crippen molar-refractivity contribution < 1.29 is 4.42 Å². The number of hydrogen-bond acceptors (Lipinski definition) is 2. The normalized spacial score (nSPS) is 12.3. The predicted octanol–water partition coefficient (Wildman–Crippen LogP) is 4.07. The maximum Gasteiger partial charge on any atom is 0.195 e. The number of hydrogen-bond donors (Lipinski definition) is 0. The van der Waals surface area contributed by atoms with Crippen molar-refractivity contribution in [3.8, 4) is 0 Å². The maximum absolute atomic E-state index is 5.88. The Morgan fingerprint density at radius 3 is 2.73 bits per heavy atom. The molecule has 0 amide bonds. The predicted molar refractivity (Wildman–Crippen MR) is 62.2 cm³/mol. The second-order valence-corrected chi connectivity index (χ2v) is 5.39. The Bertz CT molecular complexity index is 482. The molecule has 2 rings (SSSR count). The fourth-order valence-corrected chi connectivity index (χ4v) is 1.64. The number of nitrogens with zero attached hydrogens (tertiary/aromatic N) is 1. The lowest BCUT2D eigenvalue weighted by Crippen LogP contribution is -2.09. The van der Waals surface area contributed by atoms with Gasteiger partial charge in [0.1, 0.15) is 5.52 Å². The van der Waals surface area contributed by atoms with Gasteiger partial charge >= 0.3 is 0 Å². The zero-order chi connectivity index (χ0) is 11.1. The van der Waals surface area contributed by atoms with Crippen molar-refractivity contribution >= 4 is 22.7 Å². The van der Waals surface area contributed by atoms with Crippen LogP contribution in [-0.4, -0.2) is 4.98 Å². The topological polar surface area (TPSA) is 26.0 Å². The summed E-state index contributed by atoms with van der Waals surface area (Å²) in [6, 6.07) is 5.50. The van der Waals surface area contributed by atoms with Gasteiger partial charge in [0, 0.05) is 11.4 Å². The molecule has 0 N–H and O–H groups in total. The summed E-state index contributed by atoms with van der Waals surface area (Å²) in [5.74, 6) is 0.778. The Morgan fingerprint density at radius 1 is 1.33 bits per heavy atom. The molecule has 0 atom stereocenters. The van der Waals surface area contributed by atoms with E-state index in [1.807, 2.05) is 18.2 Å². The van der Waals surface area contributed by atoms with Crippen molar-refractivity contribution in [2.24, 2.45) is 5.41 Å². The van der Waals surface area contributed by atoms with Gasteiger partial charge in [-0.15, -0.1) is 0 Å². The summed E-state index contributed by atoms with van der Waals surface area (Å²) in [4.78, 5) is 4.41. The number of benzene rings is 1. The molecule has 0 bridgehead atoms. The van der Waals surface area contributed by atoms with E-state index in [0.717, 1.165) is 23.4 Å². The van der Waals surface area contributed by atoms with Crippen LogP contribution in [0.1, 0.15) is 26.7 Å². The average Bonchev–Trinajstić information content (AvgIpc) is 2.42. The molecule has 0 saturated heterocycles. The van der Waals surface area contributed by atoms with Crippen LogP contribution in [0.25, 0.3) is 11.1 Å². The average molecular weight is 224 g/mol. The zero-order valence-electron chi connectivity index (χ0n) is 9.17. The quantitative estimate of drug-likeness (QED) is 0.729. The maximum atomic E-state index is 5.88. The fraction of sp³-hybridized carbons (Fsp3) is 0.417. The molecule has 3 heteroatoms. The highest BCUT2D eigenvalue weighted by Gasteiger charge is 2.16. The van der Waals surface area contributed by atoms with Crippen molar-refractivity contribution in [2.75, 3.05) is 0 Å². The summed E-state index contributed by atoms with van der Waals surface area (Å²) >= 11 is 5.88. The summed E-state index contributed by atoms with van der Waals surface area (Å²) in [6.07, 6.45) is 0.833. The molecule has 2 nitrogen and oxygen atoms in total. The third-order valence-corrected chi connectivity index (χ3v) is 2.31. The molecule has 0 aliphatic heterocycles. The summed E-state index contributed by atoms with van der Waals surface area (Å²) in [5.41, 5.74) is 1.82. The molecule has 80 valence electrons. The van der Waals surface area contributed by atoms with Gasteiger partial charge < -0.3 is 4.42 Å². The van der Waals surface area contributed by atoms with E-state index >= 15 is 0 Å². The molecule has 0 saturated carbocycles. The van der Waals surface area contributed by atoms with Crippen LogP contribution in [0.5, 0.6) is 0 Å². The SMILES string of the molecule is CC(C)(C)Cc1nc2cc(Cl)ccc2o1. The lowest BCUT2D eigenvalue weighted by atomic mass is 9.92. The van der Waals surface area contributed by atoms with Crippen LogP contribution in [0.2, 0.25) is 5.02 Å². The first kappa shape index (κ1) is 10.5. The van der Waals surface area contributed by atoms with Crippen LogP contribution in [0, 0.1) is 5.41 Å². The van der Waals surface area contributed by atoms with Crippen molar-refractivity contribution in [1.82, 2.24) is 4.98 Å². The fourth-order valence-electron chi connectivity index (χ4n) is 1.48. The van der Waals surface area contributed by atoms with Crippen molar-refractivity contribution in [1.29, 1.82) is 0 Å². The van der Waals surface area contributed by atoms with Gasteiger partial charge in [-0.25, -0.2) is 4.98 Å². The van der Waals surface area contributed by atoms with Gasteiger partial charge in [-0.2, -0.15) is 0 Å². The number of rotatable bonds is 1. The molecular formula is C12H14ClNO. The highest BCUT2D eigenvalue weighted by atomic mass is 35.5. The molecule has 0 unspecified atom stereocenters. The first-order valence-corrected chi connectivity index (χ1v) is 5.37. The van der Waals surface area contributed by atoms with Crippen molar-refractivity contribution in [3.05, 3.63) is 29.1 Å². The Balaban J connectivity index is 2.39. The van der Waals surface area contributed by atoms with Gasteiger partial charge in [-0.05, 0) is 23.6 Å². The minimum absolute atomic E-state index is 0.185. The van der Waals surface area contributed by atoms with E-state index in [0.29, 0.717) is 5.02 Å². The van der Waals surface area contributed by atoms with Crippen molar-refractivity contribution in [3.63, 3.8) is 0 Å². The Morgan fingerprint density at radius 2 is 2.07 bits per heavy atom. The summed E-state index contributed by atoms with van der Waals surface area (Å²) in [7, 11) is 0. The van der Waals surface area contributed by atoms with Gasteiger partial charge in [0.2, 0.25) is 0 Å². The first-order valence-electron chi connectivity index (χ1n) is 4.99. The van der Waals surface area contributed by atoms with Gasteiger partial charge in [-0.1, -0.05) is 32.4 Å². The lowest BCUT2D eigenvalue weighted by Gasteiger charge is -2.14. The minimum atomic E-state index is 0.185. The number of oxazole rings is 1. The van der Waals surface area contributed by atoms with E-state index in [-0.39, 0.29) is 5.41 Å². The number of fused-ring (bicyclic) bond motifs is 1. The van der Waals surface area contributed by atoms with E-state index in [1.54, 1.807) is 0 Å². The monoisotopic (exact) mass is 223 g/mol. The molecule has 1 aromatic carbocycles. The van der Waals surface area contributed by atoms with E-state index in [4.69, 9.17) is 16.0 Å². The van der Waals surface area contributed by atoms with Crippen LogP contribution in [0.3, 0.4) is 0 Å². The van der Waals surface area contributed by atoms with Crippen LogP contribution >= 0.6 is 11.6 Å². The standard InChI is InChI=1S/C12H14ClNO/c1-12(2,3)7-11-14-9-6-8(13)4-5-10(9)15-11/h4-6H,7H2,1-3H3. The molecule has 0 aliphatic rings. The largest absolute Gasteiger partial charge is 0.441 e. The Labute approximate surface area is 94.3 Å². The summed E-state index contributed by atoms with van der Waals surface area (Å²) < 4.78 is 5.63. The molecule has 0 aliphatic carbocycles. The van der Waals surface area contributed by atoms with Crippen molar-refractivity contribution in [2.45, 2.75) is 27.2 Å². The summed E-state index contributed by atoms with van der Waals surface area (Å²) in [6.45, 7) is 6.48. The molecule has 0 radical (unpaired) electrons. The lowest BCUT2D eigenvalue weighted by molar-refractivity contribution is 0.362. The number of aromatic nitrogens is 1. The number of halogens is 1.